The molecule has 1 aromatic carbocycles. The molecule has 1 N–H and O–H groups in total. The molecule has 2 rings (SSSR count). The van der Waals surface area contributed by atoms with Gasteiger partial charge in [-0.3, -0.25) is 4.79 Å². The van der Waals surface area contributed by atoms with E-state index >= 15 is 0 Å². The standard InChI is InChI=1S/C14H18BrFN2O/c1-17-8-10-3-2-6-18(9-10)14(19)12-5-4-11(15)7-13(12)16/h4-5,7,10,17H,2-3,6,8-9H2,1H3/t10-/m0/s1. The van der Waals surface area contributed by atoms with Crippen LogP contribution in [0.15, 0.2) is 22.7 Å². The molecule has 0 aliphatic carbocycles. The van der Waals surface area contributed by atoms with Gasteiger partial charge >= 0.3 is 0 Å². The highest BCUT2D eigenvalue weighted by molar-refractivity contribution is 9.10. The molecular weight excluding hydrogens is 311 g/mol. The van der Waals surface area contributed by atoms with Crippen molar-refractivity contribution in [3.63, 3.8) is 0 Å². The van der Waals surface area contributed by atoms with Crippen LogP contribution in [0.25, 0.3) is 0 Å². The van der Waals surface area contributed by atoms with Crippen molar-refractivity contribution in [2.45, 2.75) is 12.8 Å². The maximum atomic E-state index is 13.8. The van der Waals surface area contributed by atoms with Gasteiger partial charge in [0, 0.05) is 17.6 Å². The zero-order valence-corrected chi connectivity index (χ0v) is 12.5. The third-order valence-corrected chi connectivity index (χ3v) is 3.95. The van der Waals surface area contributed by atoms with Crippen LogP contribution in [-0.4, -0.2) is 37.5 Å². The molecule has 1 atom stereocenters. The van der Waals surface area contributed by atoms with Crippen molar-refractivity contribution < 1.29 is 9.18 Å². The monoisotopic (exact) mass is 328 g/mol. The number of amides is 1. The van der Waals surface area contributed by atoms with Crippen LogP contribution in [-0.2, 0) is 0 Å². The third-order valence-electron chi connectivity index (χ3n) is 3.46. The Morgan fingerprint density at radius 1 is 1.58 bits per heavy atom. The lowest BCUT2D eigenvalue weighted by molar-refractivity contribution is 0.0669. The Hall–Kier alpha value is -0.940. The Labute approximate surface area is 121 Å². The molecule has 0 saturated carbocycles. The van der Waals surface area contributed by atoms with Crippen molar-refractivity contribution in [3.8, 4) is 0 Å². The summed E-state index contributed by atoms with van der Waals surface area (Å²) in [5.74, 6) is -0.206. The van der Waals surface area contributed by atoms with Crippen LogP contribution >= 0.6 is 15.9 Å². The van der Waals surface area contributed by atoms with E-state index in [1.807, 2.05) is 7.05 Å². The molecule has 0 radical (unpaired) electrons. The van der Waals surface area contributed by atoms with Gasteiger partial charge in [0.2, 0.25) is 0 Å². The molecule has 0 unspecified atom stereocenters. The number of carbonyl (C=O) groups excluding carboxylic acids is 1. The number of rotatable bonds is 3. The molecule has 19 heavy (non-hydrogen) atoms. The van der Waals surface area contributed by atoms with E-state index in [0.717, 1.165) is 19.4 Å². The third kappa shape index (κ3) is 3.54. The Morgan fingerprint density at radius 2 is 2.37 bits per heavy atom. The minimum absolute atomic E-state index is 0.160. The van der Waals surface area contributed by atoms with E-state index in [4.69, 9.17) is 0 Å². The number of nitrogens with zero attached hydrogens (tertiary/aromatic N) is 1. The summed E-state index contributed by atoms with van der Waals surface area (Å²) in [6.07, 6.45) is 2.10. The van der Waals surface area contributed by atoms with Crippen molar-refractivity contribution in [1.29, 1.82) is 0 Å². The zero-order valence-electron chi connectivity index (χ0n) is 11.0. The van der Waals surface area contributed by atoms with Gasteiger partial charge in [-0.25, -0.2) is 4.39 Å². The first kappa shape index (κ1) is 14.5. The van der Waals surface area contributed by atoms with Crippen LogP contribution in [0.4, 0.5) is 4.39 Å². The minimum atomic E-state index is -0.463. The minimum Gasteiger partial charge on any atom is -0.338 e. The van der Waals surface area contributed by atoms with Gasteiger partial charge in [0.25, 0.3) is 5.91 Å². The number of hydrogen-bond acceptors (Lipinski definition) is 2. The fourth-order valence-electron chi connectivity index (χ4n) is 2.54. The van der Waals surface area contributed by atoms with Crippen LogP contribution in [0.1, 0.15) is 23.2 Å². The Morgan fingerprint density at radius 3 is 3.05 bits per heavy atom. The molecule has 5 heteroatoms. The lowest BCUT2D eigenvalue weighted by atomic mass is 9.97. The fraction of sp³-hybridized carbons (Fsp3) is 0.500. The molecule has 1 aliphatic rings. The fourth-order valence-corrected chi connectivity index (χ4v) is 2.87. The number of piperidine rings is 1. The van der Waals surface area contributed by atoms with Crippen LogP contribution in [0, 0.1) is 11.7 Å². The predicted molar refractivity (Wildman–Crippen MR) is 76.7 cm³/mol. The summed E-state index contributed by atoms with van der Waals surface area (Å²) in [6, 6.07) is 4.58. The highest BCUT2D eigenvalue weighted by Crippen LogP contribution is 2.21. The molecule has 0 spiro atoms. The van der Waals surface area contributed by atoms with Gasteiger partial charge < -0.3 is 10.2 Å². The van der Waals surface area contributed by atoms with Crippen LogP contribution in [0.3, 0.4) is 0 Å². The summed E-state index contributed by atoms with van der Waals surface area (Å²) in [4.78, 5) is 14.1. The van der Waals surface area contributed by atoms with Crippen molar-refractivity contribution in [2.75, 3.05) is 26.7 Å². The second-order valence-electron chi connectivity index (χ2n) is 4.94. The summed E-state index contributed by atoms with van der Waals surface area (Å²) in [6.45, 7) is 2.32. The Bertz CT molecular complexity index is 465. The number of carbonyl (C=O) groups is 1. The SMILES string of the molecule is CNC[C@@H]1CCCN(C(=O)c2ccc(Br)cc2F)C1. The van der Waals surface area contributed by atoms with E-state index in [1.165, 1.54) is 6.07 Å². The van der Waals surface area contributed by atoms with E-state index in [1.54, 1.807) is 17.0 Å². The maximum absolute atomic E-state index is 13.8. The average Bonchev–Trinajstić information content (AvgIpc) is 2.39. The van der Waals surface area contributed by atoms with E-state index in [0.29, 0.717) is 23.5 Å². The van der Waals surface area contributed by atoms with Crippen molar-refractivity contribution in [1.82, 2.24) is 10.2 Å². The molecule has 1 fully saturated rings. The van der Waals surface area contributed by atoms with Gasteiger partial charge in [0.1, 0.15) is 5.82 Å². The number of hydrogen-bond donors (Lipinski definition) is 1. The Balaban J connectivity index is 2.10. The highest BCUT2D eigenvalue weighted by Gasteiger charge is 2.25. The van der Waals surface area contributed by atoms with E-state index in [9.17, 15) is 9.18 Å². The van der Waals surface area contributed by atoms with Gasteiger partial charge in [0.05, 0.1) is 5.56 Å². The Kier molecular flexibility index (Phi) is 4.93. The van der Waals surface area contributed by atoms with Crippen LogP contribution in [0.2, 0.25) is 0 Å². The summed E-state index contributed by atoms with van der Waals surface area (Å²) >= 11 is 3.20. The zero-order chi connectivity index (χ0) is 13.8. The normalized spacial score (nSPS) is 19.5. The van der Waals surface area contributed by atoms with Crippen molar-refractivity contribution in [3.05, 3.63) is 34.1 Å². The number of likely N-dealkylation sites (tertiary alicyclic amines) is 1. The lowest BCUT2D eigenvalue weighted by Gasteiger charge is -2.32. The molecule has 0 aromatic heterocycles. The molecule has 3 nitrogen and oxygen atoms in total. The summed E-state index contributed by atoms with van der Waals surface area (Å²) in [7, 11) is 1.91. The van der Waals surface area contributed by atoms with Gasteiger partial charge in [-0.05, 0) is 50.6 Å². The molecule has 1 amide bonds. The van der Waals surface area contributed by atoms with Gasteiger partial charge in [-0.15, -0.1) is 0 Å². The molecule has 1 heterocycles. The van der Waals surface area contributed by atoms with Crippen LogP contribution < -0.4 is 5.32 Å². The molecule has 1 aliphatic heterocycles. The van der Waals surface area contributed by atoms with E-state index in [2.05, 4.69) is 21.2 Å². The average molecular weight is 329 g/mol. The molecular formula is C14H18BrFN2O. The smallest absolute Gasteiger partial charge is 0.256 e. The summed E-state index contributed by atoms with van der Waals surface area (Å²) in [5, 5.41) is 3.14. The van der Waals surface area contributed by atoms with Crippen molar-refractivity contribution >= 4 is 21.8 Å². The van der Waals surface area contributed by atoms with E-state index in [-0.39, 0.29) is 11.5 Å². The molecule has 0 bridgehead atoms. The topological polar surface area (TPSA) is 32.3 Å². The highest BCUT2D eigenvalue weighted by atomic mass is 79.9. The lowest BCUT2D eigenvalue weighted by Crippen LogP contribution is -2.42. The van der Waals surface area contributed by atoms with Crippen LogP contribution in [0.5, 0.6) is 0 Å². The molecule has 1 aromatic rings. The van der Waals surface area contributed by atoms with Gasteiger partial charge in [0.15, 0.2) is 0 Å². The molecule has 104 valence electrons. The quantitative estimate of drug-likeness (QED) is 0.925. The predicted octanol–water partition coefficient (Wildman–Crippen LogP) is 2.66. The van der Waals surface area contributed by atoms with Gasteiger partial charge in [-0.1, -0.05) is 15.9 Å². The second kappa shape index (κ2) is 6.48. The van der Waals surface area contributed by atoms with E-state index < -0.39 is 5.82 Å². The van der Waals surface area contributed by atoms with Gasteiger partial charge in [-0.2, -0.15) is 0 Å². The number of halogens is 2. The van der Waals surface area contributed by atoms with Crippen molar-refractivity contribution in [2.24, 2.45) is 5.92 Å². The summed E-state index contributed by atoms with van der Waals surface area (Å²) < 4.78 is 14.5. The summed E-state index contributed by atoms with van der Waals surface area (Å²) in [5.41, 5.74) is 0.160. The first-order valence-corrected chi connectivity index (χ1v) is 7.30. The number of benzene rings is 1. The largest absolute Gasteiger partial charge is 0.338 e. The first-order chi connectivity index (χ1) is 9.11. The first-order valence-electron chi connectivity index (χ1n) is 6.50. The number of nitrogens with one attached hydrogen (secondary N) is 1. The maximum Gasteiger partial charge on any atom is 0.256 e. The second-order valence-corrected chi connectivity index (χ2v) is 5.86. The molecule has 1 saturated heterocycles.